The topological polar surface area (TPSA) is 52.0 Å². The molecule has 3 aromatic rings. The van der Waals surface area contributed by atoms with Crippen LogP contribution in [0.15, 0.2) is 34.7 Å². The molecule has 0 radical (unpaired) electrons. The van der Waals surface area contributed by atoms with Gasteiger partial charge in [-0.15, -0.1) is 0 Å². The van der Waals surface area contributed by atoms with Gasteiger partial charge in [-0.2, -0.15) is 0 Å². The molecule has 0 fully saturated rings. The number of nitrogens with zero attached hydrogens (tertiary/aromatic N) is 1. The number of halogens is 2. The molecule has 0 aliphatic rings. The third kappa shape index (κ3) is 1.94. The maximum atomic E-state index is 13.8. The molecule has 5 heteroatoms. The van der Waals surface area contributed by atoms with Crippen molar-refractivity contribution in [3.05, 3.63) is 46.7 Å². The van der Waals surface area contributed by atoms with Gasteiger partial charge in [-0.3, -0.25) is 0 Å². The maximum absolute atomic E-state index is 13.8. The Labute approximate surface area is 113 Å². The van der Waals surface area contributed by atoms with Gasteiger partial charge in [-0.05, 0) is 36.8 Å². The predicted octanol–water partition coefficient (Wildman–Crippen LogP) is 4.18. The van der Waals surface area contributed by atoms with Gasteiger partial charge in [-0.1, -0.05) is 17.7 Å². The number of aromatic nitrogens is 1. The van der Waals surface area contributed by atoms with E-state index >= 15 is 0 Å². The molecule has 0 bridgehead atoms. The molecule has 0 saturated carbocycles. The number of nitrogens with two attached hydrogens (primary N) is 1. The highest BCUT2D eigenvalue weighted by atomic mass is 35.5. The molecule has 96 valence electrons. The zero-order valence-corrected chi connectivity index (χ0v) is 10.8. The van der Waals surface area contributed by atoms with Crippen molar-refractivity contribution in [1.82, 2.24) is 4.98 Å². The van der Waals surface area contributed by atoms with Gasteiger partial charge in [0, 0.05) is 10.7 Å². The van der Waals surface area contributed by atoms with E-state index in [0.29, 0.717) is 16.1 Å². The predicted molar refractivity (Wildman–Crippen MR) is 73.6 cm³/mol. The van der Waals surface area contributed by atoms with Crippen LogP contribution in [-0.2, 0) is 0 Å². The average Bonchev–Trinajstić information content (AvgIpc) is 2.72. The van der Waals surface area contributed by atoms with E-state index in [0.717, 1.165) is 5.56 Å². The van der Waals surface area contributed by atoms with Crippen molar-refractivity contribution < 1.29 is 8.81 Å². The highest BCUT2D eigenvalue weighted by molar-refractivity contribution is 6.31. The number of anilines is 1. The molecule has 0 unspecified atom stereocenters. The Morgan fingerprint density at radius 2 is 2.11 bits per heavy atom. The first kappa shape index (κ1) is 12.0. The normalized spacial score (nSPS) is 11.1. The highest BCUT2D eigenvalue weighted by Crippen LogP contribution is 2.32. The maximum Gasteiger partial charge on any atom is 0.232 e. The lowest BCUT2D eigenvalue weighted by Gasteiger charge is -2.01. The van der Waals surface area contributed by atoms with Gasteiger partial charge in [0.1, 0.15) is 11.3 Å². The van der Waals surface area contributed by atoms with Crippen molar-refractivity contribution in [1.29, 1.82) is 0 Å². The Hall–Kier alpha value is -2.07. The number of nitrogen functional groups attached to an aromatic ring is 1. The van der Waals surface area contributed by atoms with E-state index in [1.165, 1.54) is 6.07 Å². The van der Waals surface area contributed by atoms with Crippen LogP contribution in [0.25, 0.3) is 22.6 Å². The van der Waals surface area contributed by atoms with Gasteiger partial charge in [0.15, 0.2) is 5.58 Å². The van der Waals surface area contributed by atoms with E-state index in [-0.39, 0.29) is 17.1 Å². The van der Waals surface area contributed by atoms with Crippen LogP contribution >= 0.6 is 11.6 Å². The molecule has 0 atom stereocenters. The van der Waals surface area contributed by atoms with Gasteiger partial charge < -0.3 is 10.2 Å². The summed E-state index contributed by atoms with van der Waals surface area (Å²) in [5, 5.41) is 0.561. The zero-order valence-electron chi connectivity index (χ0n) is 10.1. The molecular formula is C14H10ClFN2O. The fraction of sp³-hybridized carbons (Fsp3) is 0.0714. The summed E-state index contributed by atoms with van der Waals surface area (Å²) in [5.41, 5.74) is 8.25. The number of benzene rings is 2. The van der Waals surface area contributed by atoms with Crippen molar-refractivity contribution in [2.24, 2.45) is 0 Å². The summed E-state index contributed by atoms with van der Waals surface area (Å²) in [4.78, 5) is 4.26. The molecule has 3 nitrogen and oxygen atoms in total. The van der Waals surface area contributed by atoms with Crippen LogP contribution in [0.4, 0.5) is 10.1 Å². The Bertz CT molecular complexity index is 762. The first-order valence-electron chi connectivity index (χ1n) is 5.67. The second-order valence-electron chi connectivity index (χ2n) is 4.29. The average molecular weight is 277 g/mol. The van der Waals surface area contributed by atoms with E-state index in [1.807, 2.05) is 6.92 Å². The molecule has 0 amide bonds. The second-order valence-corrected chi connectivity index (χ2v) is 4.73. The minimum Gasteiger partial charge on any atom is -0.436 e. The van der Waals surface area contributed by atoms with Crippen LogP contribution in [0, 0.1) is 12.7 Å². The molecular weight excluding hydrogens is 267 g/mol. The summed E-state index contributed by atoms with van der Waals surface area (Å²) in [6.45, 7) is 1.86. The van der Waals surface area contributed by atoms with Gasteiger partial charge >= 0.3 is 0 Å². The zero-order chi connectivity index (χ0) is 13.6. The summed E-state index contributed by atoms with van der Waals surface area (Å²) in [7, 11) is 0. The first-order chi connectivity index (χ1) is 9.06. The molecule has 0 saturated heterocycles. The fourth-order valence-corrected chi connectivity index (χ4v) is 2.30. The third-order valence-electron chi connectivity index (χ3n) is 2.90. The smallest absolute Gasteiger partial charge is 0.232 e. The molecule has 0 aliphatic heterocycles. The van der Waals surface area contributed by atoms with E-state index in [9.17, 15) is 4.39 Å². The number of rotatable bonds is 1. The molecule has 1 heterocycles. The van der Waals surface area contributed by atoms with E-state index < -0.39 is 5.82 Å². The number of fused-ring (bicyclic) bond motifs is 1. The molecule has 19 heavy (non-hydrogen) atoms. The Morgan fingerprint density at radius 1 is 1.32 bits per heavy atom. The molecule has 0 aliphatic carbocycles. The lowest BCUT2D eigenvalue weighted by atomic mass is 10.1. The highest BCUT2D eigenvalue weighted by Gasteiger charge is 2.16. The fourth-order valence-electron chi connectivity index (χ4n) is 2.03. The van der Waals surface area contributed by atoms with Crippen LogP contribution in [0.5, 0.6) is 0 Å². The van der Waals surface area contributed by atoms with E-state index in [2.05, 4.69) is 4.98 Å². The van der Waals surface area contributed by atoms with Crippen LogP contribution in [0.2, 0.25) is 5.02 Å². The number of aryl methyl sites for hydroxylation is 1. The van der Waals surface area contributed by atoms with Crippen molar-refractivity contribution >= 4 is 28.4 Å². The molecule has 2 N–H and O–H groups in total. The minimum atomic E-state index is -0.463. The van der Waals surface area contributed by atoms with Crippen LogP contribution in [0.3, 0.4) is 0 Å². The Morgan fingerprint density at radius 3 is 2.84 bits per heavy atom. The van der Waals surface area contributed by atoms with E-state index in [1.54, 1.807) is 24.3 Å². The van der Waals surface area contributed by atoms with Gasteiger partial charge in [0.25, 0.3) is 0 Å². The summed E-state index contributed by atoms with van der Waals surface area (Å²) >= 11 is 5.96. The molecule has 2 aromatic carbocycles. The molecule has 1 aromatic heterocycles. The summed E-state index contributed by atoms with van der Waals surface area (Å²) in [6, 6.07) is 7.91. The SMILES string of the molecule is Cc1cc(Cl)cc2nc(-c3c(N)cccc3F)oc12. The lowest BCUT2D eigenvalue weighted by Crippen LogP contribution is -1.93. The van der Waals surface area contributed by atoms with Gasteiger partial charge in [-0.25, -0.2) is 9.37 Å². The monoisotopic (exact) mass is 276 g/mol. The third-order valence-corrected chi connectivity index (χ3v) is 3.12. The van der Waals surface area contributed by atoms with Crippen LogP contribution < -0.4 is 5.73 Å². The van der Waals surface area contributed by atoms with E-state index in [4.69, 9.17) is 21.8 Å². The van der Waals surface area contributed by atoms with Crippen molar-refractivity contribution in [3.8, 4) is 11.5 Å². The standard InChI is InChI=1S/C14H10ClFN2O/c1-7-5-8(15)6-11-13(7)19-14(18-11)12-9(16)3-2-4-10(12)17/h2-6H,17H2,1H3. The van der Waals surface area contributed by atoms with Crippen molar-refractivity contribution in [2.45, 2.75) is 6.92 Å². The van der Waals surface area contributed by atoms with Crippen LogP contribution in [-0.4, -0.2) is 4.98 Å². The second kappa shape index (κ2) is 4.24. The lowest BCUT2D eigenvalue weighted by molar-refractivity contribution is 0.593. The summed E-state index contributed by atoms with van der Waals surface area (Å²) in [6.07, 6.45) is 0. The number of oxazole rings is 1. The first-order valence-corrected chi connectivity index (χ1v) is 6.05. The van der Waals surface area contributed by atoms with Gasteiger partial charge in [0.2, 0.25) is 5.89 Å². The Balaban J connectivity index is 2.30. The number of hydrogen-bond donors (Lipinski definition) is 1. The quantitative estimate of drug-likeness (QED) is 0.678. The van der Waals surface area contributed by atoms with Crippen LogP contribution in [0.1, 0.15) is 5.56 Å². The van der Waals surface area contributed by atoms with Gasteiger partial charge in [0.05, 0.1) is 5.56 Å². The number of hydrogen-bond acceptors (Lipinski definition) is 3. The summed E-state index contributed by atoms with van der Waals surface area (Å²) in [5.74, 6) is -0.300. The largest absolute Gasteiger partial charge is 0.436 e. The van der Waals surface area contributed by atoms with Crippen molar-refractivity contribution in [3.63, 3.8) is 0 Å². The Kier molecular flexibility index (Phi) is 2.68. The molecule has 3 rings (SSSR count). The summed E-state index contributed by atoms with van der Waals surface area (Å²) < 4.78 is 19.5. The minimum absolute atomic E-state index is 0.163. The van der Waals surface area contributed by atoms with Crippen molar-refractivity contribution in [2.75, 3.05) is 5.73 Å². The molecule has 0 spiro atoms.